The van der Waals surface area contributed by atoms with Gasteiger partial charge in [0, 0.05) is 22.2 Å². The van der Waals surface area contributed by atoms with E-state index in [1.165, 1.54) is 0 Å². The predicted octanol–water partition coefficient (Wildman–Crippen LogP) is 6.85. The van der Waals surface area contributed by atoms with Crippen LogP contribution in [0.4, 0.5) is 0 Å². The Morgan fingerprint density at radius 3 is 1.45 bits per heavy atom. The molecule has 11 nitrogen and oxygen atoms in total. The van der Waals surface area contributed by atoms with Crippen LogP contribution in [0.5, 0.6) is 0 Å². The summed E-state index contributed by atoms with van der Waals surface area (Å²) in [6.07, 6.45) is -0.143. The summed E-state index contributed by atoms with van der Waals surface area (Å²) in [6, 6.07) is 19.0. The van der Waals surface area contributed by atoms with Gasteiger partial charge in [0.25, 0.3) is 0 Å². The highest BCUT2D eigenvalue weighted by Crippen LogP contribution is 2.29. The molecule has 0 fully saturated rings. The van der Waals surface area contributed by atoms with Crippen LogP contribution in [0, 0.1) is 13.8 Å². The summed E-state index contributed by atoms with van der Waals surface area (Å²) in [4.78, 5) is 20.9. The number of para-hydroxylation sites is 4. The fourth-order valence-electron chi connectivity index (χ4n) is 6.42. The van der Waals surface area contributed by atoms with E-state index in [2.05, 4.69) is 23.8 Å². The summed E-state index contributed by atoms with van der Waals surface area (Å²) in [5.41, 5.74) is 6.32. The maximum Gasteiger partial charge on any atom is 0.200 e. The topological polar surface area (TPSA) is 145 Å². The zero-order chi connectivity index (χ0) is 39.2. The van der Waals surface area contributed by atoms with Crippen molar-refractivity contribution in [2.45, 2.75) is 111 Å². The molecule has 15 heteroatoms. The van der Waals surface area contributed by atoms with Crippen LogP contribution < -0.4 is 0 Å². The minimum Gasteiger partial charge on any atom is -0.391 e. The van der Waals surface area contributed by atoms with E-state index in [1.54, 1.807) is 49.8 Å². The third-order valence-corrected chi connectivity index (χ3v) is 14.0. The van der Waals surface area contributed by atoms with Gasteiger partial charge in [-0.25, -0.2) is 9.97 Å². The zero-order valence-corrected chi connectivity index (χ0v) is 35.2. The Morgan fingerprint density at radius 1 is 0.673 bits per heavy atom. The van der Waals surface area contributed by atoms with Gasteiger partial charge in [0.05, 0.1) is 91.9 Å². The van der Waals surface area contributed by atoms with E-state index in [0.29, 0.717) is 21.3 Å². The molecule has 0 bridgehead atoms. The van der Waals surface area contributed by atoms with E-state index in [4.69, 9.17) is 14.7 Å². The van der Waals surface area contributed by atoms with Crippen molar-refractivity contribution >= 4 is 67.2 Å². The van der Waals surface area contributed by atoms with Crippen molar-refractivity contribution in [3.05, 3.63) is 95.6 Å². The SMILES string of the molecule is CCSc1ccnc(CS(=O)c2nc3ccccc3n2CC(OC(Cn2c(S(=O)Cc3nccc(SCC)c3C)nc3ccccc32)C(C)O)C(C)O)c1C. The van der Waals surface area contributed by atoms with Crippen LogP contribution in [0.15, 0.2) is 93.2 Å². The normalized spacial score (nSPS) is 15.3. The van der Waals surface area contributed by atoms with Crippen LogP contribution in [0.1, 0.15) is 50.2 Å². The summed E-state index contributed by atoms with van der Waals surface area (Å²) in [5.74, 6) is 2.18. The lowest BCUT2D eigenvalue weighted by molar-refractivity contribution is -0.119. The largest absolute Gasteiger partial charge is 0.391 e. The first-order chi connectivity index (χ1) is 26.5. The quantitative estimate of drug-likeness (QED) is 0.0879. The number of hydrogen-bond donors (Lipinski definition) is 2. The number of aliphatic hydroxyl groups excluding tert-OH is 2. The molecule has 292 valence electrons. The zero-order valence-electron chi connectivity index (χ0n) is 31.9. The lowest BCUT2D eigenvalue weighted by atomic mass is 10.1. The number of nitrogens with zero attached hydrogens (tertiary/aromatic N) is 6. The van der Waals surface area contributed by atoms with Gasteiger partial charge in [0.1, 0.15) is 12.2 Å². The van der Waals surface area contributed by atoms with E-state index < -0.39 is 46.0 Å². The van der Waals surface area contributed by atoms with E-state index in [1.807, 2.05) is 83.6 Å². The molecule has 6 atom stereocenters. The minimum atomic E-state index is -1.58. The number of imidazole rings is 2. The first kappa shape index (κ1) is 41.2. The van der Waals surface area contributed by atoms with Crippen molar-refractivity contribution < 1.29 is 23.4 Å². The van der Waals surface area contributed by atoms with Gasteiger partial charge in [-0.1, -0.05) is 38.1 Å². The van der Waals surface area contributed by atoms with Crippen molar-refractivity contribution in [3.8, 4) is 0 Å². The standard InChI is InChI=1S/C40H48N6O5S4/c1-7-52-37-17-19-41-31(25(37)3)23-54(49)39-43-29-13-9-11-15-33(29)45(39)21-35(27(5)47)51-36(28(6)48)22-46-34-16-12-10-14-30(34)44-40(46)55(50)24-32-26(4)38(53-8-2)18-20-42-32/h9-20,27-28,35-36,47-48H,7-8,21-24H2,1-6H3. The Kier molecular flexibility index (Phi) is 14.0. The monoisotopic (exact) mass is 820 g/mol. The van der Waals surface area contributed by atoms with Crippen LogP contribution in [-0.2, 0) is 50.9 Å². The molecule has 0 spiro atoms. The number of rotatable bonds is 18. The molecule has 0 aliphatic rings. The molecular weight excluding hydrogens is 773 g/mol. The van der Waals surface area contributed by atoms with Crippen LogP contribution in [0.3, 0.4) is 0 Å². The number of pyridine rings is 2. The van der Waals surface area contributed by atoms with Gasteiger partial charge >= 0.3 is 0 Å². The van der Waals surface area contributed by atoms with Gasteiger partial charge in [-0.3, -0.25) is 18.4 Å². The predicted molar refractivity (Wildman–Crippen MR) is 222 cm³/mol. The Balaban J connectivity index is 1.30. The van der Waals surface area contributed by atoms with Crippen molar-refractivity contribution in [3.63, 3.8) is 0 Å². The van der Waals surface area contributed by atoms with Gasteiger partial charge in [0.15, 0.2) is 0 Å². The maximum atomic E-state index is 14.1. The second-order valence-corrected chi connectivity index (χ2v) is 18.6. The molecule has 2 N–H and O–H groups in total. The number of ether oxygens (including phenoxy) is 1. The lowest BCUT2D eigenvalue weighted by Crippen LogP contribution is -2.41. The summed E-state index contributed by atoms with van der Waals surface area (Å²) in [6.45, 7) is 11.7. The van der Waals surface area contributed by atoms with Crippen molar-refractivity contribution in [1.82, 2.24) is 29.1 Å². The minimum absolute atomic E-state index is 0.112. The molecule has 4 heterocycles. The van der Waals surface area contributed by atoms with Crippen LogP contribution in [-0.4, -0.2) is 83.6 Å². The third-order valence-electron chi connectivity index (χ3n) is 9.45. The van der Waals surface area contributed by atoms with Crippen molar-refractivity contribution in [2.75, 3.05) is 11.5 Å². The highest BCUT2D eigenvalue weighted by atomic mass is 32.2. The van der Waals surface area contributed by atoms with Gasteiger partial charge in [-0.2, -0.15) is 0 Å². The second kappa shape index (κ2) is 18.7. The maximum absolute atomic E-state index is 14.1. The van der Waals surface area contributed by atoms with Crippen molar-refractivity contribution in [2.24, 2.45) is 0 Å². The molecule has 55 heavy (non-hydrogen) atoms. The number of benzene rings is 2. The average Bonchev–Trinajstić information content (AvgIpc) is 3.72. The smallest absolute Gasteiger partial charge is 0.200 e. The summed E-state index contributed by atoms with van der Waals surface area (Å²) >= 11 is 3.44. The molecule has 0 radical (unpaired) electrons. The Hall–Kier alpha value is -3.44. The summed E-state index contributed by atoms with van der Waals surface area (Å²) in [5, 5.41) is 23.1. The molecule has 0 amide bonds. The molecular formula is C40H48N6O5S4. The first-order valence-electron chi connectivity index (χ1n) is 18.3. The molecule has 4 aromatic heterocycles. The Bertz CT molecular complexity index is 2150. The van der Waals surface area contributed by atoms with Crippen LogP contribution in [0.25, 0.3) is 22.1 Å². The van der Waals surface area contributed by atoms with E-state index >= 15 is 0 Å². The molecule has 6 aromatic rings. The molecule has 0 saturated carbocycles. The van der Waals surface area contributed by atoms with Gasteiger partial charge in [-0.05, 0) is 86.7 Å². The van der Waals surface area contributed by atoms with Gasteiger partial charge < -0.3 is 24.1 Å². The number of aliphatic hydroxyl groups is 2. The molecule has 2 aromatic carbocycles. The average molecular weight is 821 g/mol. The first-order valence-corrected chi connectivity index (χ1v) is 22.9. The van der Waals surface area contributed by atoms with Crippen LogP contribution >= 0.6 is 23.5 Å². The summed E-state index contributed by atoms with van der Waals surface area (Å²) < 4.78 is 38.6. The molecule has 0 aliphatic carbocycles. The fraction of sp³-hybridized carbons (Fsp3) is 0.400. The van der Waals surface area contributed by atoms with Crippen LogP contribution in [0.2, 0.25) is 0 Å². The number of thioether (sulfide) groups is 2. The third kappa shape index (κ3) is 9.41. The van der Waals surface area contributed by atoms with Gasteiger partial charge in [-0.15, -0.1) is 23.5 Å². The molecule has 0 aliphatic heterocycles. The lowest BCUT2D eigenvalue weighted by Gasteiger charge is -2.30. The Morgan fingerprint density at radius 2 is 1.07 bits per heavy atom. The highest BCUT2D eigenvalue weighted by molar-refractivity contribution is 7.99. The second-order valence-electron chi connectivity index (χ2n) is 13.3. The fourth-order valence-corrected chi connectivity index (χ4v) is 10.6. The number of aromatic nitrogens is 6. The Labute approximate surface area is 335 Å². The van der Waals surface area contributed by atoms with Crippen molar-refractivity contribution in [1.29, 1.82) is 0 Å². The van der Waals surface area contributed by atoms with E-state index in [-0.39, 0.29) is 24.6 Å². The van der Waals surface area contributed by atoms with Gasteiger partial charge in [0.2, 0.25) is 10.3 Å². The van der Waals surface area contributed by atoms with E-state index in [0.717, 1.165) is 54.8 Å². The number of fused-ring (bicyclic) bond motifs is 2. The summed E-state index contributed by atoms with van der Waals surface area (Å²) in [7, 11) is -3.17. The molecule has 6 unspecified atom stereocenters. The highest BCUT2D eigenvalue weighted by Gasteiger charge is 2.30. The van der Waals surface area contributed by atoms with E-state index in [9.17, 15) is 18.6 Å². The molecule has 6 rings (SSSR count). The molecule has 0 saturated heterocycles. The number of hydrogen-bond acceptors (Lipinski definition) is 11.